The van der Waals surface area contributed by atoms with Crippen molar-refractivity contribution in [3.8, 4) is 0 Å². The van der Waals surface area contributed by atoms with Crippen LogP contribution in [0.4, 0.5) is 0 Å². The molecule has 2 atom stereocenters. The fraction of sp³-hybridized carbons (Fsp3) is 0.500. The number of nitrogens with one attached hydrogen (secondary N) is 1. The molecule has 0 saturated heterocycles. The molecule has 0 heterocycles. The van der Waals surface area contributed by atoms with E-state index >= 15 is 0 Å². The maximum absolute atomic E-state index is 3.45. The van der Waals surface area contributed by atoms with Crippen molar-refractivity contribution in [3.05, 3.63) is 34.3 Å². The lowest BCUT2D eigenvalue weighted by molar-refractivity contribution is 0.400. The molecule has 1 aromatic rings. The lowest BCUT2D eigenvalue weighted by atomic mass is 9.93. The quantitative estimate of drug-likeness (QED) is 0.864. The molecular formula is C12H18BrN. The van der Waals surface area contributed by atoms with Crippen LogP contribution in [0.1, 0.15) is 31.9 Å². The van der Waals surface area contributed by atoms with Crippen LogP contribution < -0.4 is 5.32 Å². The first kappa shape index (κ1) is 11.7. The number of hydrogen-bond donors (Lipinski definition) is 1. The molecule has 0 spiro atoms. The molecule has 0 radical (unpaired) electrons. The molecule has 1 aromatic carbocycles. The topological polar surface area (TPSA) is 12.0 Å². The van der Waals surface area contributed by atoms with Gasteiger partial charge in [-0.05, 0) is 30.7 Å². The number of rotatable bonds is 4. The van der Waals surface area contributed by atoms with Gasteiger partial charge in [0.2, 0.25) is 0 Å². The van der Waals surface area contributed by atoms with Gasteiger partial charge in [-0.2, -0.15) is 0 Å². The van der Waals surface area contributed by atoms with E-state index in [2.05, 4.69) is 59.4 Å². The third-order valence-electron chi connectivity index (χ3n) is 2.75. The molecule has 0 fully saturated rings. The molecule has 0 aliphatic carbocycles. The molecule has 0 saturated carbocycles. The monoisotopic (exact) mass is 255 g/mol. The highest BCUT2D eigenvalue weighted by Gasteiger charge is 2.15. The van der Waals surface area contributed by atoms with Crippen LogP contribution in [0.5, 0.6) is 0 Å². The molecule has 0 aromatic heterocycles. The number of hydrogen-bond acceptors (Lipinski definition) is 1. The summed E-state index contributed by atoms with van der Waals surface area (Å²) in [5, 5.41) is 3.37. The summed E-state index contributed by atoms with van der Waals surface area (Å²) in [6.45, 7) is 4.51. The Morgan fingerprint density at radius 1 is 1.29 bits per heavy atom. The average Bonchev–Trinajstić information content (AvgIpc) is 2.21. The van der Waals surface area contributed by atoms with Crippen LogP contribution in [-0.2, 0) is 0 Å². The van der Waals surface area contributed by atoms with Crippen molar-refractivity contribution in [1.82, 2.24) is 5.32 Å². The molecule has 78 valence electrons. The summed E-state index contributed by atoms with van der Waals surface area (Å²) >= 11 is 3.45. The van der Waals surface area contributed by atoms with Gasteiger partial charge in [0, 0.05) is 10.5 Å². The molecular weight excluding hydrogens is 238 g/mol. The van der Waals surface area contributed by atoms with E-state index in [1.807, 2.05) is 7.05 Å². The van der Waals surface area contributed by atoms with Gasteiger partial charge in [0.25, 0.3) is 0 Å². The Morgan fingerprint density at radius 2 is 1.86 bits per heavy atom. The van der Waals surface area contributed by atoms with E-state index in [1.165, 1.54) is 12.0 Å². The third-order valence-corrected chi connectivity index (χ3v) is 3.28. The zero-order valence-corrected chi connectivity index (χ0v) is 10.6. The van der Waals surface area contributed by atoms with E-state index in [0.717, 1.165) is 4.47 Å². The van der Waals surface area contributed by atoms with E-state index in [9.17, 15) is 0 Å². The van der Waals surface area contributed by atoms with Crippen LogP contribution in [-0.4, -0.2) is 7.05 Å². The standard InChI is InChI=1S/C12H18BrN/c1-4-9(2)12(14-3)10-5-7-11(13)8-6-10/h5-9,12,14H,4H2,1-3H3. The Kier molecular flexibility index (Phi) is 4.63. The van der Waals surface area contributed by atoms with Crippen LogP contribution in [0.15, 0.2) is 28.7 Å². The Bertz CT molecular complexity index is 268. The van der Waals surface area contributed by atoms with E-state index in [0.29, 0.717) is 12.0 Å². The molecule has 1 rings (SSSR count). The van der Waals surface area contributed by atoms with Gasteiger partial charge in [0.1, 0.15) is 0 Å². The van der Waals surface area contributed by atoms with Gasteiger partial charge in [-0.3, -0.25) is 0 Å². The van der Waals surface area contributed by atoms with E-state index in [1.54, 1.807) is 0 Å². The molecule has 2 unspecified atom stereocenters. The summed E-state index contributed by atoms with van der Waals surface area (Å²) in [4.78, 5) is 0. The first-order valence-corrected chi connectivity index (χ1v) is 5.91. The van der Waals surface area contributed by atoms with Gasteiger partial charge in [0.05, 0.1) is 0 Å². The molecule has 14 heavy (non-hydrogen) atoms. The lowest BCUT2D eigenvalue weighted by Gasteiger charge is -2.22. The minimum absolute atomic E-state index is 0.466. The van der Waals surface area contributed by atoms with Gasteiger partial charge in [-0.1, -0.05) is 48.3 Å². The maximum atomic E-state index is 3.45. The highest BCUT2D eigenvalue weighted by molar-refractivity contribution is 9.10. The Morgan fingerprint density at radius 3 is 2.29 bits per heavy atom. The van der Waals surface area contributed by atoms with Crippen molar-refractivity contribution in [3.63, 3.8) is 0 Å². The first-order valence-electron chi connectivity index (χ1n) is 5.11. The largest absolute Gasteiger partial charge is 0.313 e. The maximum Gasteiger partial charge on any atom is 0.0343 e. The highest BCUT2D eigenvalue weighted by atomic mass is 79.9. The zero-order chi connectivity index (χ0) is 10.6. The summed E-state index contributed by atoms with van der Waals surface area (Å²) in [6.07, 6.45) is 1.20. The third kappa shape index (κ3) is 2.82. The number of benzene rings is 1. The van der Waals surface area contributed by atoms with Gasteiger partial charge in [-0.25, -0.2) is 0 Å². The smallest absolute Gasteiger partial charge is 0.0343 e. The Balaban J connectivity index is 2.84. The van der Waals surface area contributed by atoms with Crippen LogP contribution in [0.3, 0.4) is 0 Å². The lowest BCUT2D eigenvalue weighted by Crippen LogP contribution is -2.22. The second-order valence-electron chi connectivity index (χ2n) is 3.70. The fourth-order valence-electron chi connectivity index (χ4n) is 1.69. The van der Waals surface area contributed by atoms with Gasteiger partial charge < -0.3 is 5.32 Å². The minimum Gasteiger partial charge on any atom is -0.313 e. The zero-order valence-electron chi connectivity index (χ0n) is 9.05. The average molecular weight is 256 g/mol. The summed E-state index contributed by atoms with van der Waals surface area (Å²) in [6, 6.07) is 9.02. The SMILES string of the molecule is CCC(C)C(NC)c1ccc(Br)cc1. The number of halogens is 1. The van der Waals surface area contributed by atoms with Gasteiger partial charge >= 0.3 is 0 Å². The van der Waals surface area contributed by atoms with Crippen LogP contribution in [0.2, 0.25) is 0 Å². The van der Waals surface area contributed by atoms with Gasteiger partial charge in [0.15, 0.2) is 0 Å². The molecule has 0 aliphatic heterocycles. The molecule has 0 bridgehead atoms. The highest BCUT2D eigenvalue weighted by Crippen LogP contribution is 2.24. The fourth-order valence-corrected chi connectivity index (χ4v) is 1.95. The van der Waals surface area contributed by atoms with Crippen molar-refractivity contribution in [2.75, 3.05) is 7.05 Å². The van der Waals surface area contributed by atoms with E-state index in [-0.39, 0.29) is 0 Å². The van der Waals surface area contributed by atoms with Crippen molar-refractivity contribution < 1.29 is 0 Å². The predicted octanol–water partition coefficient (Wildman–Crippen LogP) is 3.76. The second-order valence-corrected chi connectivity index (χ2v) is 4.62. The summed E-state index contributed by atoms with van der Waals surface area (Å²) in [7, 11) is 2.03. The van der Waals surface area contributed by atoms with Crippen LogP contribution in [0.25, 0.3) is 0 Å². The Labute approximate surface area is 95.0 Å². The second kappa shape index (κ2) is 5.52. The first-order chi connectivity index (χ1) is 6.69. The predicted molar refractivity (Wildman–Crippen MR) is 65.4 cm³/mol. The molecule has 0 aliphatic rings. The molecule has 0 amide bonds. The van der Waals surface area contributed by atoms with Crippen LogP contribution in [0, 0.1) is 5.92 Å². The van der Waals surface area contributed by atoms with Crippen molar-refractivity contribution >= 4 is 15.9 Å². The summed E-state index contributed by atoms with van der Waals surface area (Å²) in [5.74, 6) is 0.668. The summed E-state index contributed by atoms with van der Waals surface area (Å²) < 4.78 is 1.14. The van der Waals surface area contributed by atoms with E-state index in [4.69, 9.17) is 0 Å². The van der Waals surface area contributed by atoms with Crippen molar-refractivity contribution in [2.45, 2.75) is 26.3 Å². The van der Waals surface area contributed by atoms with Gasteiger partial charge in [-0.15, -0.1) is 0 Å². The Hall–Kier alpha value is -0.340. The van der Waals surface area contributed by atoms with E-state index < -0.39 is 0 Å². The summed E-state index contributed by atoms with van der Waals surface area (Å²) in [5.41, 5.74) is 1.37. The molecule has 2 heteroatoms. The normalized spacial score (nSPS) is 15.1. The molecule has 1 nitrogen and oxygen atoms in total. The molecule has 1 N–H and O–H groups in total. The van der Waals surface area contributed by atoms with Crippen molar-refractivity contribution in [2.24, 2.45) is 5.92 Å². The van der Waals surface area contributed by atoms with Crippen molar-refractivity contribution in [1.29, 1.82) is 0 Å². The van der Waals surface area contributed by atoms with Crippen LogP contribution >= 0.6 is 15.9 Å². The minimum atomic E-state index is 0.466.